The summed E-state index contributed by atoms with van der Waals surface area (Å²) in [7, 11) is -2.13. The van der Waals surface area contributed by atoms with Gasteiger partial charge in [0.25, 0.3) is 5.91 Å². The molecule has 2 atom stereocenters. The Hall–Kier alpha value is -3.19. The number of nitrogens with one attached hydrogen (secondary N) is 1. The number of carbonyl (C=O) groups is 1. The van der Waals surface area contributed by atoms with Crippen LogP contribution >= 0.6 is 0 Å². The fraction of sp³-hybridized carbons (Fsp3) is 0.440. The van der Waals surface area contributed by atoms with E-state index in [1.54, 1.807) is 6.92 Å². The molecule has 1 N–H and O–H groups in total. The highest BCUT2D eigenvalue weighted by atomic mass is 28.4. The molecule has 0 bridgehead atoms. The summed E-state index contributed by atoms with van der Waals surface area (Å²) in [5.41, 5.74) is -2.15. The molecule has 1 aliphatic rings. The monoisotopic (exact) mass is 502 g/mol. The highest BCUT2D eigenvalue weighted by Crippen LogP contribution is 2.44. The van der Waals surface area contributed by atoms with E-state index in [4.69, 9.17) is 9.69 Å². The molecule has 2 unspecified atom stereocenters. The van der Waals surface area contributed by atoms with E-state index in [0.717, 1.165) is 17.7 Å². The van der Waals surface area contributed by atoms with Gasteiger partial charge in [0.2, 0.25) is 8.32 Å². The van der Waals surface area contributed by atoms with Gasteiger partial charge in [0.1, 0.15) is 11.8 Å². The van der Waals surface area contributed by atoms with E-state index in [2.05, 4.69) is 49.4 Å². The highest BCUT2D eigenvalue weighted by molar-refractivity contribution is 6.74. The van der Waals surface area contributed by atoms with E-state index in [1.165, 1.54) is 12.1 Å². The molecular weight excluding hydrogens is 473 g/mol. The van der Waals surface area contributed by atoms with Crippen molar-refractivity contribution in [2.24, 2.45) is 10.2 Å². The summed E-state index contributed by atoms with van der Waals surface area (Å²) in [6.45, 7) is 12.3. The van der Waals surface area contributed by atoms with Crippen LogP contribution in [0.2, 0.25) is 18.1 Å². The lowest BCUT2D eigenvalue weighted by molar-refractivity contribution is -0.137. The van der Waals surface area contributed by atoms with E-state index >= 15 is 0 Å². The number of anilines is 1. The summed E-state index contributed by atoms with van der Waals surface area (Å²) in [4.78, 5) is 13.0. The van der Waals surface area contributed by atoms with Crippen LogP contribution < -0.4 is 9.74 Å². The Labute approximate surface area is 204 Å². The van der Waals surface area contributed by atoms with Crippen molar-refractivity contribution in [1.29, 1.82) is 5.26 Å². The lowest BCUT2D eigenvalue weighted by Gasteiger charge is -2.37. The molecule has 0 saturated heterocycles. The third-order valence-corrected chi connectivity index (χ3v) is 11.0. The Morgan fingerprint density at radius 1 is 1.20 bits per heavy atom. The van der Waals surface area contributed by atoms with E-state index in [1.807, 2.05) is 24.3 Å². The van der Waals surface area contributed by atoms with E-state index in [0.29, 0.717) is 5.75 Å². The van der Waals surface area contributed by atoms with Crippen LogP contribution in [-0.4, -0.2) is 19.8 Å². The Morgan fingerprint density at radius 2 is 1.86 bits per heavy atom. The van der Waals surface area contributed by atoms with E-state index < -0.39 is 43.1 Å². The highest BCUT2D eigenvalue weighted by Gasteiger charge is 2.44. The first-order chi connectivity index (χ1) is 16.1. The second-order valence-electron chi connectivity index (χ2n) is 10.4. The lowest BCUT2D eigenvalue weighted by atomic mass is 9.91. The molecule has 0 saturated carbocycles. The second-order valence-corrected chi connectivity index (χ2v) is 15.2. The van der Waals surface area contributed by atoms with Crippen LogP contribution in [0, 0.1) is 11.3 Å². The number of carbonyl (C=O) groups excluding carboxylic acids is 1. The smallest absolute Gasteiger partial charge is 0.417 e. The van der Waals surface area contributed by atoms with Crippen molar-refractivity contribution >= 4 is 19.9 Å². The van der Waals surface area contributed by atoms with Crippen molar-refractivity contribution < 1.29 is 22.4 Å². The molecule has 1 heterocycles. The molecule has 1 amide bonds. The largest absolute Gasteiger partial charge is 0.543 e. The maximum Gasteiger partial charge on any atom is 0.417 e. The third-order valence-electron chi connectivity index (χ3n) is 6.65. The lowest BCUT2D eigenvalue weighted by Crippen LogP contribution is -2.44. The molecule has 3 rings (SSSR count). The topological polar surface area (TPSA) is 86.8 Å². The van der Waals surface area contributed by atoms with Gasteiger partial charge in [-0.2, -0.15) is 28.7 Å². The van der Waals surface area contributed by atoms with E-state index in [9.17, 15) is 18.0 Å². The fourth-order valence-corrected chi connectivity index (χ4v) is 4.50. The van der Waals surface area contributed by atoms with Crippen LogP contribution in [0.1, 0.15) is 56.8 Å². The molecule has 1 aliphatic heterocycles. The summed E-state index contributed by atoms with van der Waals surface area (Å²) in [6, 6.07) is 11.7. The zero-order valence-corrected chi connectivity index (χ0v) is 21.6. The first-order valence-corrected chi connectivity index (χ1v) is 14.1. The van der Waals surface area contributed by atoms with E-state index in [-0.39, 0.29) is 17.1 Å². The molecule has 35 heavy (non-hydrogen) atoms. The van der Waals surface area contributed by atoms with Gasteiger partial charge in [-0.25, -0.2) is 0 Å². The molecule has 0 aromatic heterocycles. The van der Waals surface area contributed by atoms with Gasteiger partial charge >= 0.3 is 6.18 Å². The molecule has 0 spiro atoms. The van der Waals surface area contributed by atoms with Crippen LogP contribution in [0.5, 0.6) is 5.75 Å². The maximum absolute atomic E-state index is 13.3. The Balaban J connectivity index is 1.81. The number of halogens is 3. The fourth-order valence-electron chi connectivity index (χ4n) is 3.46. The number of para-hydroxylation sites is 1. The first-order valence-electron chi connectivity index (χ1n) is 11.2. The predicted octanol–water partition coefficient (Wildman–Crippen LogP) is 7.26. The molecule has 10 heteroatoms. The van der Waals surface area contributed by atoms with Gasteiger partial charge in [-0.05, 0) is 49.3 Å². The number of hydrogen-bond acceptors (Lipinski definition) is 5. The zero-order chi connectivity index (χ0) is 26.2. The van der Waals surface area contributed by atoms with Crippen LogP contribution in [0.4, 0.5) is 18.9 Å². The standard InChI is InChI=1S/C25H29F3N4O2Si/c1-23(2,3)35(5,6)34-21-10-8-7-9-18(21)20-14-24(4,32-31-20)22(33)30-17-12-11-16(15-29)19(13-17)25(26,27)28/h7-13,20H,14H2,1-6H3,(H,30,33). The van der Waals surface area contributed by atoms with Crippen LogP contribution in [0.3, 0.4) is 0 Å². The van der Waals surface area contributed by atoms with Crippen molar-refractivity contribution in [1.82, 2.24) is 0 Å². The minimum Gasteiger partial charge on any atom is -0.543 e. The zero-order valence-electron chi connectivity index (χ0n) is 20.6. The van der Waals surface area contributed by atoms with Crippen molar-refractivity contribution in [3.8, 4) is 11.8 Å². The molecule has 6 nitrogen and oxygen atoms in total. The molecule has 0 radical (unpaired) electrons. The maximum atomic E-state index is 13.3. The molecular formula is C25H29F3N4O2Si. The average molecular weight is 503 g/mol. The van der Waals surface area contributed by atoms with Crippen molar-refractivity contribution in [2.75, 3.05) is 5.32 Å². The summed E-state index contributed by atoms with van der Waals surface area (Å²) in [6.07, 6.45) is -4.49. The molecule has 186 valence electrons. The Bertz CT molecular complexity index is 1200. The quantitative estimate of drug-likeness (QED) is 0.437. The normalized spacial score (nSPS) is 20.4. The van der Waals surface area contributed by atoms with Gasteiger partial charge in [0.15, 0.2) is 5.54 Å². The number of alkyl halides is 3. The summed E-state index contributed by atoms with van der Waals surface area (Å²) in [5.74, 6) is 0.124. The first kappa shape index (κ1) is 26.4. The third kappa shape index (κ3) is 5.56. The van der Waals surface area contributed by atoms with Crippen molar-refractivity contribution in [2.45, 2.75) is 70.0 Å². The minimum absolute atomic E-state index is 0.0118. The molecule has 2 aromatic rings. The molecule has 0 fully saturated rings. The second kappa shape index (κ2) is 9.11. The van der Waals surface area contributed by atoms with Crippen LogP contribution in [-0.2, 0) is 11.0 Å². The minimum atomic E-state index is -4.72. The SMILES string of the molecule is CC1(C(=O)Nc2ccc(C#N)c(C(F)(F)F)c2)CC(c2ccccc2O[Si](C)(C)C(C)(C)C)N=N1. The predicted molar refractivity (Wildman–Crippen MR) is 130 cm³/mol. The van der Waals surface area contributed by atoms with Crippen molar-refractivity contribution in [3.63, 3.8) is 0 Å². The number of hydrogen-bond donors (Lipinski definition) is 1. The molecule has 0 aliphatic carbocycles. The number of nitriles is 1. The summed E-state index contributed by atoms with van der Waals surface area (Å²) >= 11 is 0. The Morgan fingerprint density at radius 3 is 2.46 bits per heavy atom. The number of azo groups is 1. The van der Waals surface area contributed by atoms with Gasteiger partial charge in [-0.3, -0.25) is 4.79 Å². The van der Waals surface area contributed by atoms with Crippen LogP contribution in [0.25, 0.3) is 0 Å². The van der Waals surface area contributed by atoms with Crippen LogP contribution in [0.15, 0.2) is 52.7 Å². The number of rotatable bonds is 5. The molecule has 2 aromatic carbocycles. The number of amides is 1. The summed E-state index contributed by atoms with van der Waals surface area (Å²) in [5, 5.41) is 20.0. The average Bonchev–Trinajstić information content (AvgIpc) is 3.15. The number of nitrogens with zero attached hydrogens (tertiary/aromatic N) is 3. The Kier molecular flexibility index (Phi) is 6.88. The van der Waals surface area contributed by atoms with Gasteiger partial charge in [0.05, 0.1) is 17.2 Å². The van der Waals surface area contributed by atoms with Gasteiger partial charge in [0, 0.05) is 17.7 Å². The number of benzene rings is 2. The van der Waals surface area contributed by atoms with Gasteiger partial charge in [-0.1, -0.05) is 39.0 Å². The van der Waals surface area contributed by atoms with Crippen molar-refractivity contribution in [3.05, 3.63) is 59.2 Å². The van der Waals surface area contributed by atoms with Gasteiger partial charge < -0.3 is 9.74 Å². The van der Waals surface area contributed by atoms with Gasteiger partial charge in [-0.15, -0.1) is 0 Å². The summed E-state index contributed by atoms with van der Waals surface area (Å²) < 4.78 is 46.4.